The highest BCUT2D eigenvalue weighted by Crippen LogP contribution is 2.22. The van der Waals surface area contributed by atoms with Crippen LogP contribution in [-0.2, 0) is 6.61 Å². The van der Waals surface area contributed by atoms with Crippen LogP contribution in [0, 0.1) is 13.8 Å². The number of nitrogens with one attached hydrogen (secondary N) is 1. The number of ether oxygens (including phenoxy) is 1. The smallest absolute Gasteiger partial charge is 0.261 e. The van der Waals surface area contributed by atoms with E-state index < -0.39 is 0 Å². The standard InChI is InChI=1S/C23H25NO2S/c1-4-21(19-8-6-5-7-9-19)24-23(25)22-13-18(15-27-22)14-26-20-11-10-16(2)17(3)12-20/h5-13,15,21H,4,14H2,1-3H3,(H,24,25). The molecule has 3 rings (SSSR count). The first kappa shape index (κ1) is 19.2. The minimum atomic E-state index is -0.0341. The molecule has 0 bridgehead atoms. The molecule has 0 fully saturated rings. The molecule has 3 aromatic rings. The first-order chi connectivity index (χ1) is 13.1. The molecule has 1 unspecified atom stereocenters. The Morgan fingerprint density at radius 3 is 2.56 bits per heavy atom. The maximum absolute atomic E-state index is 12.6. The molecule has 1 atom stereocenters. The second kappa shape index (κ2) is 8.87. The van der Waals surface area contributed by atoms with E-state index in [1.165, 1.54) is 22.5 Å². The fraction of sp³-hybridized carbons (Fsp3) is 0.261. The van der Waals surface area contributed by atoms with Crippen LogP contribution in [0.25, 0.3) is 0 Å². The van der Waals surface area contributed by atoms with Gasteiger partial charge in [0.05, 0.1) is 10.9 Å². The summed E-state index contributed by atoms with van der Waals surface area (Å²) < 4.78 is 5.87. The van der Waals surface area contributed by atoms with Crippen LogP contribution in [0.5, 0.6) is 5.75 Å². The van der Waals surface area contributed by atoms with Crippen molar-refractivity contribution in [3.05, 3.63) is 87.1 Å². The third-order valence-electron chi connectivity index (χ3n) is 4.68. The second-order valence-corrected chi connectivity index (χ2v) is 7.61. The molecular weight excluding hydrogens is 354 g/mol. The monoisotopic (exact) mass is 379 g/mol. The number of hydrogen-bond acceptors (Lipinski definition) is 3. The van der Waals surface area contributed by atoms with E-state index in [1.54, 1.807) is 0 Å². The molecule has 27 heavy (non-hydrogen) atoms. The Morgan fingerprint density at radius 2 is 1.85 bits per heavy atom. The summed E-state index contributed by atoms with van der Waals surface area (Å²) in [5, 5.41) is 5.12. The van der Waals surface area contributed by atoms with Gasteiger partial charge in [0, 0.05) is 5.56 Å². The number of amides is 1. The van der Waals surface area contributed by atoms with Crippen molar-refractivity contribution in [2.45, 2.75) is 39.8 Å². The van der Waals surface area contributed by atoms with Crippen LogP contribution in [0.4, 0.5) is 0 Å². The fourth-order valence-electron chi connectivity index (χ4n) is 2.88. The van der Waals surface area contributed by atoms with Gasteiger partial charge in [-0.25, -0.2) is 0 Å². The highest BCUT2D eigenvalue weighted by atomic mass is 32.1. The van der Waals surface area contributed by atoms with Gasteiger partial charge < -0.3 is 10.1 Å². The average Bonchev–Trinajstić information content (AvgIpc) is 3.17. The van der Waals surface area contributed by atoms with E-state index in [4.69, 9.17) is 4.74 Å². The van der Waals surface area contributed by atoms with Crippen LogP contribution in [0.1, 0.15) is 51.3 Å². The number of hydrogen-bond donors (Lipinski definition) is 1. The van der Waals surface area contributed by atoms with Gasteiger partial charge >= 0.3 is 0 Å². The van der Waals surface area contributed by atoms with Crippen molar-refractivity contribution in [2.24, 2.45) is 0 Å². The maximum atomic E-state index is 12.6. The minimum absolute atomic E-state index is 0.0241. The van der Waals surface area contributed by atoms with E-state index in [2.05, 4.69) is 32.2 Å². The number of carbonyl (C=O) groups is 1. The van der Waals surface area contributed by atoms with Gasteiger partial charge in [0.15, 0.2) is 0 Å². The lowest BCUT2D eigenvalue weighted by molar-refractivity contribution is 0.0939. The van der Waals surface area contributed by atoms with Crippen molar-refractivity contribution in [3.8, 4) is 5.75 Å². The number of aryl methyl sites for hydroxylation is 2. The minimum Gasteiger partial charge on any atom is -0.489 e. The van der Waals surface area contributed by atoms with Crippen LogP contribution in [0.2, 0.25) is 0 Å². The van der Waals surface area contributed by atoms with Gasteiger partial charge in [-0.15, -0.1) is 11.3 Å². The molecule has 1 aromatic heterocycles. The molecule has 0 aliphatic rings. The summed E-state index contributed by atoms with van der Waals surface area (Å²) in [5.74, 6) is 0.818. The van der Waals surface area contributed by atoms with Gasteiger partial charge in [-0.3, -0.25) is 4.79 Å². The fourth-order valence-corrected chi connectivity index (χ4v) is 3.68. The van der Waals surface area contributed by atoms with Crippen LogP contribution in [0.3, 0.4) is 0 Å². The summed E-state index contributed by atoms with van der Waals surface area (Å²) in [6.07, 6.45) is 0.851. The third kappa shape index (κ3) is 4.98. The summed E-state index contributed by atoms with van der Waals surface area (Å²) >= 11 is 1.45. The number of carbonyl (C=O) groups excluding carboxylic acids is 1. The van der Waals surface area contributed by atoms with E-state index in [9.17, 15) is 4.79 Å². The molecule has 1 N–H and O–H groups in total. The predicted octanol–water partition coefficient (Wildman–Crippen LogP) is 5.83. The zero-order valence-electron chi connectivity index (χ0n) is 16.0. The molecule has 0 saturated carbocycles. The van der Waals surface area contributed by atoms with Crippen LogP contribution in [-0.4, -0.2) is 5.91 Å². The average molecular weight is 380 g/mol. The van der Waals surface area contributed by atoms with Crippen molar-refractivity contribution in [1.82, 2.24) is 5.32 Å². The first-order valence-electron chi connectivity index (χ1n) is 9.20. The Bertz CT molecular complexity index is 902. The molecule has 1 amide bonds. The van der Waals surface area contributed by atoms with E-state index in [0.29, 0.717) is 11.5 Å². The van der Waals surface area contributed by atoms with E-state index >= 15 is 0 Å². The summed E-state index contributed by atoms with van der Waals surface area (Å²) in [6.45, 7) is 6.70. The molecular formula is C23H25NO2S. The molecule has 2 aromatic carbocycles. The summed E-state index contributed by atoms with van der Waals surface area (Å²) in [7, 11) is 0. The number of thiophene rings is 1. The Labute approximate surface area is 165 Å². The van der Waals surface area contributed by atoms with E-state index in [1.807, 2.05) is 53.9 Å². The first-order valence-corrected chi connectivity index (χ1v) is 10.1. The van der Waals surface area contributed by atoms with Crippen LogP contribution in [0.15, 0.2) is 60.0 Å². The lowest BCUT2D eigenvalue weighted by atomic mass is 10.0. The van der Waals surface area contributed by atoms with Gasteiger partial charge in [-0.2, -0.15) is 0 Å². The molecule has 4 heteroatoms. The van der Waals surface area contributed by atoms with Crippen molar-refractivity contribution in [2.75, 3.05) is 0 Å². The molecule has 0 spiro atoms. The van der Waals surface area contributed by atoms with Gasteiger partial charge in [-0.05, 0) is 60.5 Å². The van der Waals surface area contributed by atoms with Crippen molar-refractivity contribution < 1.29 is 9.53 Å². The topological polar surface area (TPSA) is 38.3 Å². The molecule has 3 nitrogen and oxygen atoms in total. The Hall–Kier alpha value is -2.59. The summed E-state index contributed by atoms with van der Waals surface area (Å²) in [6, 6.07) is 18.1. The Balaban J connectivity index is 1.60. The van der Waals surface area contributed by atoms with Crippen LogP contribution < -0.4 is 10.1 Å². The molecule has 140 valence electrons. The lowest BCUT2D eigenvalue weighted by Gasteiger charge is -2.16. The lowest BCUT2D eigenvalue weighted by Crippen LogP contribution is -2.27. The Morgan fingerprint density at radius 1 is 1.07 bits per heavy atom. The maximum Gasteiger partial charge on any atom is 0.261 e. The summed E-state index contributed by atoms with van der Waals surface area (Å²) in [5.41, 5.74) is 4.60. The van der Waals surface area contributed by atoms with Gasteiger partial charge in [0.25, 0.3) is 5.91 Å². The van der Waals surface area contributed by atoms with Crippen molar-refractivity contribution in [1.29, 1.82) is 0 Å². The summed E-state index contributed by atoms with van der Waals surface area (Å²) in [4.78, 5) is 13.3. The predicted molar refractivity (Wildman–Crippen MR) is 112 cm³/mol. The molecule has 0 aliphatic heterocycles. The van der Waals surface area contributed by atoms with E-state index in [-0.39, 0.29) is 11.9 Å². The van der Waals surface area contributed by atoms with E-state index in [0.717, 1.165) is 23.3 Å². The Kier molecular flexibility index (Phi) is 6.30. The largest absolute Gasteiger partial charge is 0.489 e. The quantitative estimate of drug-likeness (QED) is 0.561. The van der Waals surface area contributed by atoms with Crippen molar-refractivity contribution in [3.63, 3.8) is 0 Å². The second-order valence-electron chi connectivity index (χ2n) is 6.70. The normalized spacial score (nSPS) is 11.8. The molecule has 0 radical (unpaired) electrons. The van der Waals surface area contributed by atoms with Gasteiger partial charge in [0.2, 0.25) is 0 Å². The molecule has 1 heterocycles. The van der Waals surface area contributed by atoms with Gasteiger partial charge in [-0.1, -0.05) is 43.3 Å². The zero-order chi connectivity index (χ0) is 19.2. The van der Waals surface area contributed by atoms with Crippen LogP contribution >= 0.6 is 11.3 Å². The zero-order valence-corrected chi connectivity index (χ0v) is 16.8. The highest BCUT2D eigenvalue weighted by Gasteiger charge is 2.15. The van der Waals surface area contributed by atoms with Crippen molar-refractivity contribution >= 4 is 17.2 Å². The van der Waals surface area contributed by atoms with Gasteiger partial charge in [0.1, 0.15) is 12.4 Å². The SMILES string of the molecule is CCC(NC(=O)c1cc(COc2ccc(C)c(C)c2)cs1)c1ccccc1. The molecule has 0 saturated heterocycles. The third-order valence-corrected chi connectivity index (χ3v) is 5.65. The number of benzene rings is 2. The molecule has 0 aliphatic carbocycles. The highest BCUT2D eigenvalue weighted by molar-refractivity contribution is 7.12. The number of rotatable bonds is 7.